The van der Waals surface area contributed by atoms with E-state index in [2.05, 4.69) is 4.98 Å². The standard InChI is InChI=1S/C19H15F3N2O2/c20-19(21,22)16-8-6-15(7-9-16)18(25)26-17(12-24-11-10-23-13-24)14-4-2-1-3-5-14/h1-11,13,17H,12H2. The van der Waals surface area contributed by atoms with E-state index in [-0.39, 0.29) is 5.56 Å². The van der Waals surface area contributed by atoms with Crippen LogP contribution in [0.5, 0.6) is 0 Å². The summed E-state index contributed by atoms with van der Waals surface area (Å²) in [6.07, 6.45) is -0.0971. The fourth-order valence-electron chi connectivity index (χ4n) is 2.46. The highest BCUT2D eigenvalue weighted by Gasteiger charge is 2.30. The molecule has 0 N–H and O–H groups in total. The summed E-state index contributed by atoms with van der Waals surface area (Å²) in [6, 6.07) is 13.1. The van der Waals surface area contributed by atoms with Crippen LogP contribution in [0.4, 0.5) is 13.2 Å². The third-order valence-electron chi connectivity index (χ3n) is 3.80. The fraction of sp³-hybridized carbons (Fsp3) is 0.158. The van der Waals surface area contributed by atoms with Gasteiger partial charge < -0.3 is 9.30 Å². The Labute approximate surface area is 147 Å². The number of carbonyl (C=O) groups is 1. The van der Waals surface area contributed by atoms with Crippen molar-refractivity contribution in [2.75, 3.05) is 0 Å². The van der Waals surface area contributed by atoms with Crippen LogP contribution in [0.3, 0.4) is 0 Å². The van der Waals surface area contributed by atoms with E-state index in [1.54, 1.807) is 23.3 Å². The second-order valence-corrected chi connectivity index (χ2v) is 5.64. The molecule has 4 nitrogen and oxygen atoms in total. The Kier molecular flexibility index (Phi) is 5.06. The van der Waals surface area contributed by atoms with E-state index >= 15 is 0 Å². The van der Waals surface area contributed by atoms with Gasteiger partial charge in [0.2, 0.25) is 0 Å². The number of hydrogen-bond donors (Lipinski definition) is 0. The van der Waals surface area contributed by atoms with Crippen molar-refractivity contribution in [3.8, 4) is 0 Å². The number of nitrogens with zero attached hydrogens (tertiary/aromatic N) is 2. The van der Waals surface area contributed by atoms with Gasteiger partial charge in [0.15, 0.2) is 0 Å². The molecule has 7 heteroatoms. The van der Waals surface area contributed by atoms with E-state index in [0.717, 1.165) is 29.8 Å². The number of hydrogen-bond acceptors (Lipinski definition) is 3. The minimum Gasteiger partial charge on any atom is -0.452 e. The molecule has 0 spiro atoms. The molecular formula is C19H15F3N2O2. The molecule has 1 atom stereocenters. The molecule has 0 saturated carbocycles. The van der Waals surface area contributed by atoms with Crippen molar-refractivity contribution in [1.29, 1.82) is 0 Å². The maximum Gasteiger partial charge on any atom is 0.416 e. The molecule has 1 aromatic heterocycles. The summed E-state index contributed by atoms with van der Waals surface area (Å²) in [5, 5.41) is 0. The zero-order chi connectivity index (χ0) is 18.6. The minimum atomic E-state index is -4.45. The van der Waals surface area contributed by atoms with Crippen LogP contribution < -0.4 is 0 Å². The molecule has 26 heavy (non-hydrogen) atoms. The Bertz CT molecular complexity index is 845. The lowest BCUT2D eigenvalue weighted by Crippen LogP contribution is -2.17. The van der Waals surface area contributed by atoms with Crippen molar-refractivity contribution >= 4 is 5.97 Å². The van der Waals surface area contributed by atoms with E-state index < -0.39 is 23.8 Å². The molecule has 134 valence electrons. The highest BCUT2D eigenvalue weighted by atomic mass is 19.4. The molecule has 1 heterocycles. The van der Waals surface area contributed by atoms with Gasteiger partial charge in [-0.3, -0.25) is 0 Å². The van der Waals surface area contributed by atoms with Crippen molar-refractivity contribution in [2.24, 2.45) is 0 Å². The summed E-state index contributed by atoms with van der Waals surface area (Å²) in [7, 11) is 0. The van der Waals surface area contributed by atoms with Crippen LogP contribution >= 0.6 is 0 Å². The molecule has 0 aliphatic heterocycles. The Morgan fingerprint density at radius 1 is 1.08 bits per heavy atom. The SMILES string of the molecule is O=C(OC(Cn1ccnc1)c1ccccc1)c1ccc(C(F)(F)F)cc1. The average Bonchev–Trinajstić information content (AvgIpc) is 3.14. The number of imidazole rings is 1. The second-order valence-electron chi connectivity index (χ2n) is 5.64. The Morgan fingerprint density at radius 3 is 2.35 bits per heavy atom. The lowest BCUT2D eigenvalue weighted by atomic mass is 10.1. The van der Waals surface area contributed by atoms with Gasteiger partial charge in [-0.25, -0.2) is 9.78 Å². The van der Waals surface area contributed by atoms with Gasteiger partial charge in [0.25, 0.3) is 0 Å². The number of ether oxygens (including phenoxy) is 1. The van der Waals surface area contributed by atoms with Gasteiger partial charge in [-0.15, -0.1) is 0 Å². The van der Waals surface area contributed by atoms with Crippen molar-refractivity contribution in [1.82, 2.24) is 9.55 Å². The van der Waals surface area contributed by atoms with Crippen LogP contribution in [0, 0.1) is 0 Å². The molecule has 0 aliphatic carbocycles. The van der Waals surface area contributed by atoms with Gasteiger partial charge in [0.1, 0.15) is 6.10 Å². The Hall–Kier alpha value is -3.09. The molecule has 0 radical (unpaired) electrons. The molecule has 3 rings (SSSR count). The first-order chi connectivity index (χ1) is 12.4. The average molecular weight is 360 g/mol. The van der Waals surface area contributed by atoms with Crippen molar-refractivity contribution < 1.29 is 22.7 Å². The Morgan fingerprint density at radius 2 is 1.77 bits per heavy atom. The summed E-state index contributed by atoms with van der Waals surface area (Å²) in [6.45, 7) is 0.344. The molecule has 0 aliphatic rings. The largest absolute Gasteiger partial charge is 0.452 e. The van der Waals surface area contributed by atoms with Crippen LogP contribution in [-0.2, 0) is 17.5 Å². The Balaban J connectivity index is 1.78. The molecule has 2 aromatic carbocycles. The highest BCUT2D eigenvalue weighted by molar-refractivity contribution is 5.89. The highest BCUT2D eigenvalue weighted by Crippen LogP contribution is 2.29. The van der Waals surface area contributed by atoms with Crippen LogP contribution in [0.2, 0.25) is 0 Å². The van der Waals surface area contributed by atoms with Crippen LogP contribution in [0.25, 0.3) is 0 Å². The molecule has 0 fully saturated rings. The number of aromatic nitrogens is 2. The molecule has 0 saturated heterocycles. The van der Waals surface area contributed by atoms with Gasteiger partial charge in [-0.2, -0.15) is 13.2 Å². The van der Waals surface area contributed by atoms with Crippen LogP contribution in [0.1, 0.15) is 27.6 Å². The first-order valence-corrected chi connectivity index (χ1v) is 7.82. The van der Waals surface area contributed by atoms with E-state index in [4.69, 9.17) is 4.74 Å². The van der Waals surface area contributed by atoms with Gasteiger partial charge in [0.05, 0.1) is 24.0 Å². The fourth-order valence-corrected chi connectivity index (χ4v) is 2.46. The molecular weight excluding hydrogens is 345 g/mol. The molecule has 0 bridgehead atoms. The summed E-state index contributed by atoms with van der Waals surface area (Å²) in [4.78, 5) is 16.3. The number of alkyl halides is 3. The number of esters is 1. The first kappa shape index (κ1) is 17.7. The summed E-state index contributed by atoms with van der Waals surface area (Å²) in [5.41, 5.74) is 0.0260. The van der Waals surface area contributed by atoms with E-state index in [1.165, 1.54) is 0 Å². The number of rotatable bonds is 5. The van der Waals surface area contributed by atoms with Crippen molar-refractivity contribution in [3.63, 3.8) is 0 Å². The van der Waals surface area contributed by atoms with Gasteiger partial charge in [0, 0.05) is 12.4 Å². The van der Waals surface area contributed by atoms with Crippen molar-refractivity contribution in [2.45, 2.75) is 18.8 Å². The second kappa shape index (κ2) is 7.43. The van der Waals surface area contributed by atoms with Crippen LogP contribution in [-0.4, -0.2) is 15.5 Å². The van der Waals surface area contributed by atoms with Crippen molar-refractivity contribution in [3.05, 3.63) is 90.0 Å². The monoisotopic (exact) mass is 360 g/mol. The predicted octanol–water partition coefficient (Wildman–Crippen LogP) is 4.50. The van der Waals surface area contributed by atoms with Gasteiger partial charge in [-0.1, -0.05) is 30.3 Å². The summed E-state index contributed by atoms with van der Waals surface area (Å²) >= 11 is 0. The first-order valence-electron chi connectivity index (χ1n) is 7.82. The third-order valence-corrected chi connectivity index (χ3v) is 3.80. The van der Waals surface area contributed by atoms with Gasteiger partial charge >= 0.3 is 12.1 Å². The molecule has 0 amide bonds. The quantitative estimate of drug-likeness (QED) is 0.629. The van der Waals surface area contributed by atoms with Gasteiger partial charge in [-0.05, 0) is 29.8 Å². The smallest absolute Gasteiger partial charge is 0.416 e. The zero-order valence-electron chi connectivity index (χ0n) is 13.6. The number of halogens is 3. The molecule has 3 aromatic rings. The van der Waals surface area contributed by atoms with Crippen LogP contribution in [0.15, 0.2) is 73.3 Å². The predicted molar refractivity (Wildman–Crippen MR) is 88.3 cm³/mol. The summed E-state index contributed by atoms with van der Waals surface area (Å²) in [5.74, 6) is -0.687. The minimum absolute atomic E-state index is 0.0598. The topological polar surface area (TPSA) is 44.1 Å². The van der Waals surface area contributed by atoms with E-state index in [9.17, 15) is 18.0 Å². The number of carbonyl (C=O) groups excluding carboxylic acids is 1. The maximum absolute atomic E-state index is 12.6. The lowest BCUT2D eigenvalue weighted by molar-refractivity contribution is -0.137. The maximum atomic E-state index is 12.6. The molecule has 1 unspecified atom stereocenters. The normalized spacial score (nSPS) is 12.6. The third kappa shape index (κ3) is 4.30. The van der Waals surface area contributed by atoms with E-state index in [1.807, 2.05) is 30.3 Å². The zero-order valence-corrected chi connectivity index (χ0v) is 13.6. The lowest BCUT2D eigenvalue weighted by Gasteiger charge is -2.19. The number of benzene rings is 2. The van der Waals surface area contributed by atoms with E-state index in [0.29, 0.717) is 6.54 Å². The summed E-state index contributed by atoms with van der Waals surface area (Å²) < 4.78 is 45.2.